The first-order valence-corrected chi connectivity index (χ1v) is 8.48. The highest BCUT2D eigenvalue weighted by Crippen LogP contribution is 2.21. The van der Waals surface area contributed by atoms with Crippen molar-refractivity contribution in [2.24, 2.45) is 0 Å². The molecule has 23 heavy (non-hydrogen) atoms. The molecule has 0 saturated carbocycles. The van der Waals surface area contributed by atoms with E-state index in [4.69, 9.17) is 4.74 Å². The molecule has 0 saturated heterocycles. The minimum absolute atomic E-state index is 0.0118. The maximum absolute atomic E-state index is 11.8. The van der Waals surface area contributed by atoms with E-state index in [2.05, 4.69) is 15.5 Å². The minimum atomic E-state index is -0.0118. The molecule has 0 bridgehead atoms. The van der Waals surface area contributed by atoms with Crippen LogP contribution in [0.5, 0.6) is 0 Å². The highest BCUT2D eigenvalue weighted by molar-refractivity contribution is 7.99. The predicted octanol–water partition coefficient (Wildman–Crippen LogP) is 2.13. The molecule has 0 aliphatic carbocycles. The molecule has 6 nitrogen and oxygen atoms in total. The molecule has 0 atom stereocenters. The van der Waals surface area contributed by atoms with Gasteiger partial charge in [0, 0.05) is 25.9 Å². The number of thioether (sulfide) groups is 1. The van der Waals surface area contributed by atoms with Crippen LogP contribution < -0.4 is 5.32 Å². The smallest absolute Gasteiger partial charge is 0.230 e. The van der Waals surface area contributed by atoms with Gasteiger partial charge in [0.25, 0.3) is 0 Å². The normalized spacial score (nSPS) is 10.7. The van der Waals surface area contributed by atoms with E-state index in [1.54, 1.807) is 7.11 Å². The van der Waals surface area contributed by atoms with E-state index >= 15 is 0 Å². The van der Waals surface area contributed by atoms with Gasteiger partial charge in [0.2, 0.25) is 5.91 Å². The molecular formula is C16H22N4O2S. The molecule has 0 unspecified atom stereocenters. The Hall–Kier alpha value is -1.86. The molecule has 0 fully saturated rings. The van der Waals surface area contributed by atoms with Crippen LogP contribution in [-0.2, 0) is 9.53 Å². The number of amides is 1. The summed E-state index contributed by atoms with van der Waals surface area (Å²) in [6.07, 6.45) is 0.811. The molecular weight excluding hydrogens is 312 g/mol. The number of ether oxygens (including phenoxy) is 1. The van der Waals surface area contributed by atoms with E-state index in [9.17, 15) is 4.79 Å². The van der Waals surface area contributed by atoms with Crippen molar-refractivity contribution in [1.29, 1.82) is 0 Å². The quantitative estimate of drug-likeness (QED) is 0.592. The lowest BCUT2D eigenvalue weighted by Crippen LogP contribution is -2.26. The first-order chi connectivity index (χ1) is 11.1. The number of hydrogen-bond donors (Lipinski definition) is 1. The van der Waals surface area contributed by atoms with Crippen LogP contribution in [0.4, 0.5) is 0 Å². The summed E-state index contributed by atoms with van der Waals surface area (Å²) < 4.78 is 6.91. The number of carbonyl (C=O) groups is 1. The summed E-state index contributed by atoms with van der Waals surface area (Å²) in [6, 6.07) is 8.15. The summed E-state index contributed by atoms with van der Waals surface area (Å²) in [7, 11) is 1.65. The van der Waals surface area contributed by atoms with Crippen LogP contribution in [0.1, 0.15) is 17.8 Å². The van der Waals surface area contributed by atoms with Gasteiger partial charge in [0.15, 0.2) is 5.16 Å². The third-order valence-electron chi connectivity index (χ3n) is 3.27. The number of benzene rings is 1. The number of rotatable bonds is 8. The molecule has 0 radical (unpaired) electrons. The van der Waals surface area contributed by atoms with Gasteiger partial charge in [-0.05, 0) is 32.4 Å². The van der Waals surface area contributed by atoms with Crippen molar-refractivity contribution in [3.63, 3.8) is 0 Å². The van der Waals surface area contributed by atoms with Gasteiger partial charge in [0.05, 0.1) is 5.75 Å². The van der Waals surface area contributed by atoms with E-state index in [-0.39, 0.29) is 5.91 Å². The third-order valence-corrected chi connectivity index (χ3v) is 4.20. The monoisotopic (exact) mass is 334 g/mol. The molecule has 1 aromatic carbocycles. The number of aromatic nitrogens is 3. The van der Waals surface area contributed by atoms with E-state index < -0.39 is 0 Å². The molecule has 0 spiro atoms. The van der Waals surface area contributed by atoms with Crippen molar-refractivity contribution in [3.05, 3.63) is 35.7 Å². The van der Waals surface area contributed by atoms with Gasteiger partial charge in [-0.1, -0.05) is 29.5 Å². The van der Waals surface area contributed by atoms with E-state index in [0.717, 1.165) is 23.1 Å². The Balaban J connectivity index is 1.96. The fourth-order valence-electron chi connectivity index (χ4n) is 2.05. The van der Waals surface area contributed by atoms with Crippen molar-refractivity contribution in [3.8, 4) is 5.69 Å². The highest BCUT2D eigenvalue weighted by atomic mass is 32.2. The van der Waals surface area contributed by atoms with Gasteiger partial charge in [0.1, 0.15) is 5.82 Å². The van der Waals surface area contributed by atoms with Crippen molar-refractivity contribution in [1.82, 2.24) is 20.1 Å². The summed E-state index contributed by atoms with van der Waals surface area (Å²) in [5.41, 5.74) is 2.20. The van der Waals surface area contributed by atoms with Gasteiger partial charge in [-0.25, -0.2) is 0 Å². The SMILES string of the molecule is COCCCNC(=O)CSc1nnc(C)n1-c1ccc(C)cc1. The number of methoxy groups -OCH3 is 1. The summed E-state index contributed by atoms with van der Waals surface area (Å²) >= 11 is 1.38. The second-order valence-electron chi connectivity index (χ2n) is 5.19. The number of aryl methyl sites for hydroxylation is 2. The lowest BCUT2D eigenvalue weighted by molar-refractivity contribution is -0.118. The first kappa shape index (κ1) is 17.5. The highest BCUT2D eigenvalue weighted by Gasteiger charge is 2.13. The van der Waals surface area contributed by atoms with Gasteiger partial charge < -0.3 is 10.1 Å². The minimum Gasteiger partial charge on any atom is -0.385 e. The lowest BCUT2D eigenvalue weighted by Gasteiger charge is -2.09. The van der Waals surface area contributed by atoms with Crippen molar-refractivity contribution >= 4 is 17.7 Å². The van der Waals surface area contributed by atoms with Crippen LogP contribution in [0.15, 0.2) is 29.4 Å². The van der Waals surface area contributed by atoms with Crippen LogP contribution in [0.3, 0.4) is 0 Å². The average molecular weight is 334 g/mol. The molecule has 7 heteroatoms. The van der Waals surface area contributed by atoms with Crippen LogP contribution >= 0.6 is 11.8 Å². The first-order valence-electron chi connectivity index (χ1n) is 7.49. The van der Waals surface area contributed by atoms with E-state index in [1.165, 1.54) is 17.3 Å². The van der Waals surface area contributed by atoms with Gasteiger partial charge in [-0.15, -0.1) is 10.2 Å². The number of hydrogen-bond acceptors (Lipinski definition) is 5. The molecule has 1 N–H and O–H groups in total. The van der Waals surface area contributed by atoms with Crippen LogP contribution in [0.2, 0.25) is 0 Å². The molecule has 1 amide bonds. The fraction of sp³-hybridized carbons (Fsp3) is 0.438. The zero-order chi connectivity index (χ0) is 16.7. The van der Waals surface area contributed by atoms with Crippen molar-refractivity contribution < 1.29 is 9.53 Å². The standard InChI is InChI=1S/C16H22N4O2S/c1-12-5-7-14(8-6-12)20-13(2)18-19-16(20)23-11-15(21)17-9-4-10-22-3/h5-8H,4,9-11H2,1-3H3,(H,17,21). The Morgan fingerprint density at radius 1 is 1.26 bits per heavy atom. The Morgan fingerprint density at radius 3 is 2.70 bits per heavy atom. The second kappa shape index (κ2) is 8.69. The van der Waals surface area contributed by atoms with Gasteiger partial charge in [-0.3, -0.25) is 9.36 Å². The molecule has 2 aromatic rings. The average Bonchev–Trinajstić information content (AvgIpc) is 2.91. The summed E-state index contributed by atoms with van der Waals surface area (Å²) in [5.74, 6) is 1.11. The zero-order valence-electron chi connectivity index (χ0n) is 13.7. The van der Waals surface area contributed by atoms with Crippen molar-refractivity contribution in [2.75, 3.05) is 26.0 Å². The fourth-order valence-corrected chi connectivity index (χ4v) is 2.88. The number of carbonyl (C=O) groups excluding carboxylic acids is 1. The number of nitrogens with one attached hydrogen (secondary N) is 1. The summed E-state index contributed by atoms with van der Waals surface area (Å²) in [4.78, 5) is 11.8. The van der Waals surface area contributed by atoms with Crippen LogP contribution in [0.25, 0.3) is 5.69 Å². The maximum atomic E-state index is 11.8. The Morgan fingerprint density at radius 2 is 2.00 bits per heavy atom. The molecule has 124 valence electrons. The molecule has 1 heterocycles. The zero-order valence-corrected chi connectivity index (χ0v) is 14.5. The van der Waals surface area contributed by atoms with Crippen LogP contribution in [0, 0.1) is 13.8 Å². The summed E-state index contributed by atoms with van der Waals surface area (Å²) in [6.45, 7) is 5.22. The number of nitrogens with zero attached hydrogens (tertiary/aromatic N) is 3. The molecule has 2 rings (SSSR count). The third kappa shape index (κ3) is 5.07. The van der Waals surface area contributed by atoms with E-state index in [1.807, 2.05) is 42.7 Å². The molecule has 0 aliphatic heterocycles. The Kier molecular flexibility index (Phi) is 6.61. The Bertz CT molecular complexity index is 640. The van der Waals surface area contributed by atoms with Gasteiger partial charge >= 0.3 is 0 Å². The van der Waals surface area contributed by atoms with Crippen molar-refractivity contribution in [2.45, 2.75) is 25.4 Å². The largest absolute Gasteiger partial charge is 0.385 e. The predicted molar refractivity (Wildman–Crippen MR) is 91.1 cm³/mol. The van der Waals surface area contributed by atoms with Gasteiger partial charge in [-0.2, -0.15) is 0 Å². The molecule has 0 aliphatic rings. The Labute approximate surface area is 140 Å². The molecule has 1 aromatic heterocycles. The van der Waals surface area contributed by atoms with Crippen LogP contribution in [-0.4, -0.2) is 46.7 Å². The summed E-state index contributed by atoms with van der Waals surface area (Å²) in [5, 5.41) is 11.9. The maximum Gasteiger partial charge on any atom is 0.230 e. The lowest BCUT2D eigenvalue weighted by atomic mass is 10.2. The van der Waals surface area contributed by atoms with E-state index in [0.29, 0.717) is 18.9 Å². The second-order valence-corrected chi connectivity index (χ2v) is 6.13. The topological polar surface area (TPSA) is 69.0 Å².